The number of rotatable bonds is 4. The van der Waals surface area contributed by atoms with Crippen molar-refractivity contribution in [2.75, 3.05) is 5.73 Å². The molecule has 0 saturated carbocycles. The van der Waals surface area contributed by atoms with E-state index in [1.54, 1.807) is 30.9 Å². The molecule has 3 rings (SSSR count). The monoisotopic (exact) mass is 282 g/mol. The number of pyridine rings is 1. The first kappa shape index (κ1) is 13.3. The van der Waals surface area contributed by atoms with Crippen molar-refractivity contribution in [1.82, 2.24) is 14.5 Å². The van der Waals surface area contributed by atoms with Gasteiger partial charge in [-0.3, -0.25) is 0 Å². The van der Waals surface area contributed by atoms with Crippen LogP contribution < -0.4 is 5.73 Å². The van der Waals surface area contributed by atoms with Crippen molar-refractivity contribution in [3.8, 4) is 11.3 Å². The number of anilines is 1. The standard InChI is InChI=1S/C16H15FN4/c17-14-3-1-2-12(8-14)5-7-21-11-19-10-15(21)13-4-6-20-16(18)9-13/h1-4,6,8-11H,5,7H2,(H2,18,20). The molecule has 1 aromatic carbocycles. The van der Waals surface area contributed by atoms with Crippen LogP contribution in [0.25, 0.3) is 11.3 Å². The highest BCUT2D eigenvalue weighted by Crippen LogP contribution is 2.20. The maximum atomic E-state index is 13.2. The molecule has 0 spiro atoms. The Bertz CT molecular complexity index is 751. The maximum absolute atomic E-state index is 13.2. The van der Waals surface area contributed by atoms with Crippen molar-refractivity contribution in [1.29, 1.82) is 0 Å². The molecule has 0 aliphatic heterocycles. The number of hydrogen-bond acceptors (Lipinski definition) is 3. The quantitative estimate of drug-likeness (QED) is 0.800. The van der Waals surface area contributed by atoms with Crippen molar-refractivity contribution in [3.05, 3.63) is 66.5 Å². The molecular formula is C16H15FN4. The summed E-state index contributed by atoms with van der Waals surface area (Å²) in [7, 11) is 0. The fourth-order valence-corrected chi connectivity index (χ4v) is 2.29. The Kier molecular flexibility index (Phi) is 3.64. The lowest BCUT2D eigenvalue weighted by atomic mass is 10.1. The van der Waals surface area contributed by atoms with E-state index in [0.29, 0.717) is 5.82 Å². The van der Waals surface area contributed by atoms with Crippen LogP contribution in [0.5, 0.6) is 0 Å². The molecule has 106 valence electrons. The number of halogens is 1. The topological polar surface area (TPSA) is 56.7 Å². The van der Waals surface area contributed by atoms with Crippen LogP contribution in [0, 0.1) is 5.82 Å². The second kappa shape index (κ2) is 5.75. The Morgan fingerprint density at radius 2 is 2.10 bits per heavy atom. The van der Waals surface area contributed by atoms with Crippen molar-refractivity contribution >= 4 is 5.82 Å². The smallest absolute Gasteiger partial charge is 0.123 e. The van der Waals surface area contributed by atoms with Gasteiger partial charge in [-0.15, -0.1) is 0 Å². The highest BCUT2D eigenvalue weighted by molar-refractivity contribution is 5.61. The summed E-state index contributed by atoms with van der Waals surface area (Å²) in [4.78, 5) is 8.17. The number of hydrogen-bond donors (Lipinski definition) is 1. The molecule has 0 fully saturated rings. The zero-order chi connectivity index (χ0) is 14.7. The van der Waals surface area contributed by atoms with E-state index in [2.05, 4.69) is 9.97 Å². The summed E-state index contributed by atoms with van der Waals surface area (Å²) in [5.74, 6) is 0.269. The largest absolute Gasteiger partial charge is 0.384 e. The lowest BCUT2D eigenvalue weighted by Crippen LogP contribution is -2.02. The summed E-state index contributed by atoms with van der Waals surface area (Å²) in [6, 6.07) is 10.4. The van der Waals surface area contributed by atoms with Crippen LogP contribution >= 0.6 is 0 Å². The molecule has 0 aliphatic carbocycles. The van der Waals surface area contributed by atoms with E-state index < -0.39 is 0 Å². The lowest BCUT2D eigenvalue weighted by Gasteiger charge is -2.09. The maximum Gasteiger partial charge on any atom is 0.123 e. The number of nitrogens with two attached hydrogens (primary N) is 1. The summed E-state index contributed by atoms with van der Waals surface area (Å²) >= 11 is 0. The van der Waals surface area contributed by atoms with E-state index >= 15 is 0 Å². The van der Waals surface area contributed by atoms with E-state index in [-0.39, 0.29) is 5.82 Å². The molecule has 2 N–H and O–H groups in total. The lowest BCUT2D eigenvalue weighted by molar-refractivity contribution is 0.622. The predicted octanol–water partition coefficient (Wildman–Crippen LogP) is 2.91. The Labute approximate surface area is 122 Å². The Hall–Kier alpha value is -2.69. The van der Waals surface area contributed by atoms with Crippen LogP contribution in [-0.2, 0) is 13.0 Å². The van der Waals surface area contributed by atoms with Crippen LogP contribution in [0.3, 0.4) is 0 Å². The summed E-state index contributed by atoms with van der Waals surface area (Å²) in [5, 5.41) is 0. The summed E-state index contributed by atoms with van der Waals surface area (Å²) in [5.41, 5.74) is 8.62. The molecule has 4 nitrogen and oxygen atoms in total. The van der Waals surface area contributed by atoms with Gasteiger partial charge in [-0.1, -0.05) is 12.1 Å². The molecule has 0 bridgehead atoms. The van der Waals surface area contributed by atoms with Crippen LogP contribution in [0.2, 0.25) is 0 Å². The Morgan fingerprint density at radius 1 is 1.19 bits per heavy atom. The van der Waals surface area contributed by atoms with Crippen molar-refractivity contribution < 1.29 is 4.39 Å². The molecule has 2 heterocycles. The van der Waals surface area contributed by atoms with E-state index in [9.17, 15) is 4.39 Å². The Morgan fingerprint density at radius 3 is 2.90 bits per heavy atom. The number of aryl methyl sites for hydroxylation is 2. The highest BCUT2D eigenvalue weighted by Gasteiger charge is 2.06. The summed E-state index contributed by atoms with van der Waals surface area (Å²) in [6.45, 7) is 0.723. The number of nitrogens with zero attached hydrogens (tertiary/aromatic N) is 3. The van der Waals surface area contributed by atoms with Gasteiger partial charge in [0, 0.05) is 18.3 Å². The minimum Gasteiger partial charge on any atom is -0.384 e. The average molecular weight is 282 g/mol. The second-order valence-corrected chi connectivity index (χ2v) is 4.82. The van der Waals surface area contributed by atoms with Gasteiger partial charge in [0.05, 0.1) is 18.2 Å². The second-order valence-electron chi connectivity index (χ2n) is 4.82. The zero-order valence-electron chi connectivity index (χ0n) is 11.4. The summed E-state index contributed by atoms with van der Waals surface area (Å²) < 4.78 is 15.2. The molecule has 0 unspecified atom stereocenters. The minimum absolute atomic E-state index is 0.208. The molecule has 0 radical (unpaired) electrons. The van der Waals surface area contributed by atoms with E-state index in [0.717, 1.165) is 29.8 Å². The molecule has 3 aromatic rings. The number of benzene rings is 1. The van der Waals surface area contributed by atoms with Gasteiger partial charge in [0.25, 0.3) is 0 Å². The number of imidazole rings is 1. The highest BCUT2D eigenvalue weighted by atomic mass is 19.1. The van der Waals surface area contributed by atoms with Crippen molar-refractivity contribution in [3.63, 3.8) is 0 Å². The van der Waals surface area contributed by atoms with Gasteiger partial charge < -0.3 is 10.3 Å². The first-order valence-electron chi connectivity index (χ1n) is 6.69. The fraction of sp³-hybridized carbons (Fsp3) is 0.125. The van der Waals surface area contributed by atoms with E-state index in [1.807, 2.05) is 22.8 Å². The molecule has 0 aliphatic rings. The van der Waals surface area contributed by atoms with Crippen molar-refractivity contribution in [2.24, 2.45) is 0 Å². The van der Waals surface area contributed by atoms with Gasteiger partial charge in [-0.05, 0) is 36.2 Å². The molecule has 21 heavy (non-hydrogen) atoms. The van der Waals surface area contributed by atoms with Crippen molar-refractivity contribution in [2.45, 2.75) is 13.0 Å². The molecule has 0 saturated heterocycles. The number of nitrogen functional groups attached to an aromatic ring is 1. The molecular weight excluding hydrogens is 267 g/mol. The first-order chi connectivity index (χ1) is 10.2. The third-order valence-corrected chi connectivity index (χ3v) is 3.32. The minimum atomic E-state index is -0.208. The van der Waals surface area contributed by atoms with E-state index in [1.165, 1.54) is 6.07 Å². The predicted molar refractivity (Wildman–Crippen MR) is 80.0 cm³/mol. The van der Waals surface area contributed by atoms with Crippen LogP contribution in [0.15, 0.2) is 55.1 Å². The van der Waals surface area contributed by atoms with Gasteiger partial charge >= 0.3 is 0 Å². The first-order valence-corrected chi connectivity index (χ1v) is 6.69. The Balaban J connectivity index is 1.80. The third kappa shape index (κ3) is 3.08. The van der Waals surface area contributed by atoms with Gasteiger partial charge in [-0.25, -0.2) is 14.4 Å². The summed E-state index contributed by atoms with van der Waals surface area (Å²) in [6.07, 6.45) is 5.97. The van der Waals surface area contributed by atoms with E-state index in [4.69, 9.17) is 5.73 Å². The van der Waals surface area contributed by atoms with Crippen LogP contribution in [0.1, 0.15) is 5.56 Å². The zero-order valence-corrected chi connectivity index (χ0v) is 11.4. The third-order valence-electron chi connectivity index (χ3n) is 3.32. The normalized spacial score (nSPS) is 10.7. The molecule has 2 aromatic heterocycles. The van der Waals surface area contributed by atoms with Crippen LogP contribution in [-0.4, -0.2) is 14.5 Å². The van der Waals surface area contributed by atoms with Gasteiger partial charge in [0.2, 0.25) is 0 Å². The molecule has 5 heteroatoms. The van der Waals surface area contributed by atoms with Gasteiger partial charge in [0.1, 0.15) is 11.6 Å². The number of aromatic nitrogens is 3. The molecule has 0 amide bonds. The van der Waals surface area contributed by atoms with Gasteiger partial charge in [-0.2, -0.15) is 0 Å². The average Bonchev–Trinajstić information content (AvgIpc) is 2.94. The SMILES string of the molecule is Nc1cc(-c2cncn2CCc2cccc(F)c2)ccn1. The fourth-order valence-electron chi connectivity index (χ4n) is 2.29. The van der Waals surface area contributed by atoms with Crippen LogP contribution in [0.4, 0.5) is 10.2 Å². The molecule has 0 atom stereocenters. The van der Waals surface area contributed by atoms with Gasteiger partial charge in [0.15, 0.2) is 0 Å².